The highest BCUT2D eigenvalue weighted by Crippen LogP contribution is 2.12. The van der Waals surface area contributed by atoms with Gasteiger partial charge in [0.15, 0.2) is 0 Å². The summed E-state index contributed by atoms with van der Waals surface area (Å²) in [6.07, 6.45) is 0.458. The Kier molecular flexibility index (Phi) is 12.8. The van der Waals surface area contributed by atoms with Gasteiger partial charge in [-0.1, -0.05) is 80.9 Å². The van der Waals surface area contributed by atoms with Crippen LogP contribution in [0.15, 0.2) is 60.7 Å². The van der Waals surface area contributed by atoms with E-state index in [1.807, 2.05) is 37.3 Å². The maximum Gasteiger partial charge on any atom is 0.326 e. The summed E-state index contributed by atoms with van der Waals surface area (Å²) >= 11 is 0. The van der Waals surface area contributed by atoms with Crippen molar-refractivity contribution < 1.29 is 29.1 Å². The molecule has 0 fully saturated rings. The summed E-state index contributed by atoms with van der Waals surface area (Å²) in [7, 11) is 0. The van der Waals surface area contributed by atoms with Crippen molar-refractivity contribution in [2.24, 2.45) is 17.4 Å². The van der Waals surface area contributed by atoms with Crippen molar-refractivity contribution in [2.45, 2.75) is 70.1 Å². The summed E-state index contributed by atoms with van der Waals surface area (Å²) in [6.45, 7) is 3.66. The average molecular weight is 554 g/mol. The molecular weight excluding hydrogens is 514 g/mol. The van der Waals surface area contributed by atoms with E-state index in [2.05, 4.69) is 16.0 Å². The van der Waals surface area contributed by atoms with Crippen LogP contribution in [0.2, 0.25) is 0 Å². The number of carbonyl (C=O) groups excluding carboxylic acids is 4. The van der Waals surface area contributed by atoms with Crippen LogP contribution in [0.5, 0.6) is 0 Å². The molecule has 40 heavy (non-hydrogen) atoms. The molecule has 0 radical (unpaired) electrons. The fourth-order valence-electron chi connectivity index (χ4n) is 4.06. The van der Waals surface area contributed by atoms with E-state index in [0.717, 1.165) is 11.1 Å². The van der Waals surface area contributed by atoms with Gasteiger partial charge in [0, 0.05) is 12.8 Å². The molecule has 0 aliphatic rings. The standard InChI is InChI=1S/C29H39N5O6/c1-3-18(2)25(34-26(36)21(30)16-19-10-6-4-7-11-19)28(38)33-23(17-20-12-8-5-9-13-20)27(37)32-22(29(39)40)14-15-24(31)35/h4-13,18,21-23,25H,3,14-17,30H2,1-2H3,(H2,31,35)(H,32,37)(H,33,38)(H,34,36)(H,39,40). The first-order valence-corrected chi connectivity index (χ1v) is 13.3. The summed E-state index contributed by atoms with van der Waals surface area (Å²) in [5.74, 6) is -4.19. The van der Waals surface area contributed by atoms with Crippen LogP contribution < -0.4 is 27.4 Å². The van der Waals surface area contributed by atoms with Crippen molar-refractivity contribution >= 4 is 29.6 Å². The molecule has 0 bridgehead atoms. The molecule has 2 aromatic rings. The van der Waals surface area contributed by atoms with E-state index >= 15 is 0 Å². The molecule has 5 atom stereocenters. The second-order valence-corrected chi connectivity index (χ2v) is 9.82. The second kappa shape index (κ2) is 16.0. The summed E-state index contributed by atoms with van der Waals surface area (Å²) in [4.78, 5) is 62.5. The third-order valence-corrected chi connectivity index (χ3v) is 6.64. The van der Waals surface area contributed by atoms with Crippen molar-refractivity contribution in [1.29, 1.82) is 0 Å². The number of carboxylic acids is 1. The zero-order valence-electron chi connectivity index (χ0n) is 22.8. The van der Waals surface area contributed by atoms with E-state index in [9.17, 15) is 29.1 Å². The number of nitrogens with one attached hydrogen (secondary N) is 3. The van der Waals surface area contributed by atoms with E-state index in [1.54, 1.807) is 37.3 Å². The minimum Gasteiger partial charge on any atom is -0.480 e. The molecule has 0 saturated heterocycles. The van der Waals surface area contributed by atoms with Crippen LogP contribution in [0.3, 0.4) is 0 Å². The minimum atomic E-state index is -1.38. The van der Waals surface area contributed by atoms with Gasteiger partial charge in [-0.05, 0) is 29.9 Å². The zero-order valence-corrected chi connectivity index (χ0v) is 22.8. The minimum absolute atomic E-state index is 0.0647. The molecule has 0 aliphatic heterocycles. The van der Waals surface area contributed by atoms with E-state index in [1.165, 1.54) is 0 Å². The predicted octanol–water partition coefficient (Wildman–Crippen LogP) is 0.650. The lowest BCUT2D eigenvalue weighted by Gasteiger charge is -2.28. The van der Waals surface area contributed by atoms with Gasteiger partial charge in [-0.25, -0.2) is 4.79 Å². The van der Waals surface area contributed by atoms with Gasteiger partial charge >= 0.3 is 5.97 Å². The molecule has 11 nitrogen and oxygen atoms in total. The highest BCUT2D eigenvalue weighted by atomic mass is 16.4. The SMILES string of the molecule is CCC(C)C(NC(=O)C(N)Cc1ccccc1)C(=O)NC(Cc1ccccc1)C(=O)NC(CCC(N)=O)C(=O)O. The van der Waals surface area contributed by atoms with Gasteiger partial charge in [-0.3, -0.25) is 19.2 Å². The number of hydrogen-bond donors (Lipinski definition) is 6. The van der Waals surface area contributed by atoms with Crippen LogP contribution in [0, 0.1) is 5.92 Å². The van der Waals surface area contributed by atoms with E-state index in [-0.39, 0.29) is 31.6 Å². The molecule has 0 aromatic heterocycles. The molecule has 0 spiro atoms. The summed E-state index contributed by atoms with van der Waals surface area (Å²) in [5, 5.41) is 17.3. The van der Waals surface area contributed by atoms with Crippen molar-refractivity contribution in [3.8, 4) is 0 Å². The normalized spacial score (nSPS) is 14.6. The quantitative estimate of drug-likeness (QED) is 0.176. The number of carbonyl (C=O) groups is 5. The van der Waals surface area contributed by atoms with Gasteiger partial charge in [-0.2, -0.15) is 0 Å². The summed E-state index contributed by atoms with van der Waals surface area (Å²) in [6, 6.07) is 13.7. The van der Waals surface area contributed by atoms with Crippen LogP contribution in [0.1, 0.15) is 44.2 Å². The van der Waals surface area contributed by atoms with Gasteiger partial charge in [0.1, 0.15) is 18.1 Å². The Bertz CT molecular complexity index is 1140. The number of nitrogens with two attached hydrogens (primary N) is 2. The molecule has 4 amide bonds. The fraction of sp³-hybridized carbons (Fsp3) is 0.414. The Morgan fingerprint density at radius 1 is 0.775 bits per heavy atom. The molecule has 0 heterocycles. The molecule has 11 heteroatoms. The van der Waals surface area contributed by atoms with Crippen LogP contribution >= 0.6 is 0 Å². The maximum absolute atomic E-state index is 13.5. The third kappa shape index (κ3) is 10.5. The molecule has 5 unspecified atom stereocenters. The number of carboxylic acid groups (broad SMARTS) is 1. The van der Waals surface area contributed by atoms with Crippen molar-refractivity contribution in [3.05, 3.63) is 71.8 Å². The Labute approximate surface area is 234 Å². The van der Waals surface area contributed by atoms with E-state index in [4.69, 9.17) is 11.5 Å². The Morgan fingerprint density at radius 3 is 1.80 bits per heavy atom. The first-order valence-electron chi connectivity index (χ1n) is 13.3. The smallest absolute Gasteiger partial charge is 0.326 e. The zero-order chi connectivity index (χ0) is 29.7. The van der Waals surface area contributed by atoms with Gasteiger partial charge in [-0.15, -0.1) is 0 Å². The van der Waals surface area contributed by atoms with E-state index < -0.39 is 53.8 Å². The van der Waals surface area contributed by atoms with Crippen molar-refractivity contribution in [1.82, 2.24) is 16.0 Å². The van der Waals surface area contributed by atoms with Gasteiger partial charge < -0.3 is 32.5 Å². The summed E-state index contributed by atoms with van der Waals surface area (Å²) in [5.41, 5.74) is 12.9. The monoisotopic (exact) mass is 553 g/mol. The Morgan fingerprint density at radius 2 is 1.30 bits per heavy atom. The van der Waals surface area contributed by atoms with Gasteiger partial charge in [0.2, 0.25) is 23.6 Å². The number of primary amides is 1. The largest absolute Gasteiger partial charge is 0.480 e. The topological polar surface area (TPSA) is 194 Å². The second-order valence-electron chi connectivity index (χ2n) is 9.82. The highest BCUT2D eigenvalue weighted by molar-refractivity contribution is 5.94. The van der Waals surface area contributed by atoms with E-state index in [0.29, 0.717) is 6.42 Å². The molecule has 8 N–H and O–H groups in total. The number of hydrogen-bond acceptors (Lipinski definition) is 6. The number of aliphatic carboxylic acids is 1. The first-order chi connectivity index (χ1) is 19.0. The lowest BCUT2D eigenvalue weighted by Crippen LogP contribution is -2.59. The Hall–Kier alpha value is -4.25. The van der Waals surface area contributed by atoms with Crippen molar-refractivity contribution in [3.63, 3.8) is 0 Å². The van der Waals surface area contributed by atoms with Crippen LogP contribution in [-0.4, -0.2) is 58.9 Å². The molecule has 2 rings (SSSR count). The average Bonchev–Trinajstić information content (AvgIpc) is 2.93. The third-order valence-electron chi connectivity index (χ3n) is 6.64. The molecule has 216 valence electrons. The summed E-state index contributed by atoms with van der Waals surface area (Å²) < 4.78 is 0. The number of benzene rings is 2. The molecular formula is C29H39N5O6. The molecule has 0 aliphatic carbocycles. The van der Waals surface area contributed by atoms with Crippen LogP contribution in [0.25, 0.3) is 0 Å². The molecule has 2 aromatic carbocycles. The number of rotatable bonds is 16. The van der Waals surface area contributed by atoms with Gasteiger partial charge in [0.05, 0.1) is 6.04 Å². The lowest BCUT2D eigenvalue weighted by atomic mass is 9.96. The van der Waals surface area contributed by atoms with Crippen LogP contribution in [-0.2, 0) is 36.8 Å². The van der Waals surface area contributed by atoms with Gasteiger partial charge in [0.25, 0.3) is 0 Å². The Balaban J connectivity index is 2.21. The van der Waals surface area contributed by atoms with Crippen molar-refractivity contribution in [2.75, 3.05) is 0 Å². The number of amides is 4. The maximum atomic E-state index is 13.5. The predicted molar refractivity (Wildman–Crippen MR) is 150 cm³/mol. The lowest BCUT2D eigenvalue weighted by molar-refractivity contribution is -0.142. The highest BCUT2D eigenvalue weighted by Gasteiger charge is 2.32. The molecule has 0 saturated carbocycles. The fourth-order valence-corrected chi connectivity index (χ4v) is 4.06. The van der Waals surface area contributed by atoms with Crippen LogP contribution in [0.4, 0.5) is 0 Å². The first kappa shape index (κ1) is 32.0.